The van der Waals surface area contributed by atoms with E-state index in [2.05, 4.69) is 62.4 Å². The fraction of sp³-hybridized carbons (Fsp3) is 0.533. The smallest absolute Gasteiger partial charge is 0.107 e. The molecule has 2 unspecified atom stereocenters. The van der Waals surface area contributed by atoms with Crippen LogP contribution in [0.4, 0.5) is 0 Å². The first kappa shape index (κ1) is 13.1. The average molecular weight is 245 g/mol. The number of hydrogen-bond donors (Lipinski definition) is 1. The molecule has 0 radical (unpaired) electrons. The zero-order chi connectivity index (χ0) is 13.5. The molecule has 1 aromatic carbocycles. The van der Waals surface area contributed by atoms with E-state index >= 15 is 0 Å². The van der Waals surface area contributed by atoms with Crippen molar-refractivity contribution in [3.63, 3.8) is 0 Å². The second-order valence-corrected chi connectivity index (χ2v) is 6.19. The molecular formula is C15H23N3. The van der Waals surface area contributed by atoms with Crippen LogP contribution in [0.25, 0.3) is 11.0 Å². The zero-order valence-electron chi connectivity index (χ0n) is 11.9. The van der Waals surface area contributed by atoms with Crippen LogP contribution >= 0.6 is 0 Å². The molecule has 0 fully saturated rings. The summed E-state index contributed by atoms with van der Waals surface area (Å²) < 4.78 is 2.29. The first-order valence-corrected chi connectivity index (χ1v) is 6.51. The van der Waals surface area contributed by atoms with Crippen LogP contribution in [0.3, 0.4) is 0 Å². The summed E-state index contributed by atoms with van der Waals surface area (Å²) in [7, 11) is 0. The summed E-state index contributed by atoms with van der Waals surface area (Å²) in [5.41, 5.74) is 8.54. The van der Waals surface area contributed by atoms with E-state index in [1.165, 1.54) is 5.52 Å². The van der Waals surface area contributed by atoms with Crippen LogP contribution in [0.2, 0.25) is 0 Å². The molecule has 0 bridgehead atoms. The van der Waals surface area contributed by atoms with Gasteiger partial charge in [-0.3, -0.25) is 0 Å². The van der Waals surface area contributed by atoms with Crippen LogP contribution in [0.15, 0.2) is 24.3 Å². The molecule has 0 aliphatic rings. The number of imidazole rings is 1. The lowest BCUT2D eigenvalue weighted by molar-refractivity contribution is 0.214. The Morgan fingerprint density at radius 1 is 1.22 bits per heavy atom. The van der Waals surface area contributed by atoms with Crippen LogP contribution in [0.5, 0.6) is 0 Å². The molecule has 98 valence electrons. The van der Waals surface area contributed by atoms with Gasteiger partial charge in [0.15, 0.2) is 0 Å². The van der Waals surface area contributed by atoms with Crippen LogP contribution in [0.1, 0.15) is 39.6 Å². The van der Waals surface area contributed by atoms with Crippen LogP contribution in [-0.2, 0) is 0 Å². The maximum atomic E-state index is 6.23. The van der Waals surface area contributed by atoms with Gasteiger partial charge in [0.2, 0.25) is 0 Å². The molecule has 0 saturated carbocycles. The van der Waals surface area contributed by atoms with Gasteiger partial charge in [-0.05, 0) is 31.4 Å². The predicted molar refractivity (Wildman–Crippen MR) is 76.6 cm³/mol. The molecule has 3 heteroatoms. The Balaban J connectivity index is 2.68. The van der Waals surface area contributed by atoms with Crippen LogP contribution in [-0.4, -0.2) is 15.6 Å². The standard InChI is InChI=1S/C15H23N3/c1-10(16)14(15(3,4)5)18-11(2)17-12-8-6-7-9-13(12)18/h6-10,14H,16H2,1-5H3. The number of para-hydroxylation sites is 2. The van der Waals surface area contributed by atoms with Crippen molar-refractivity contribution in [1.82, 2.24) is 9.55 Å². The molecule has 2 rings (SSSR count). The molecule has 0 spiro atoms. The highest BCUT2D eigenvalue weighted by molar-refractivity contribution is 5.76. The molecule has 0 aliphatic heterocycles. The summed E-state index contributed by atoms with van der Waals surface area (Å²) in [6.45, 7) is 10.8. The third-order valence-corrected chi connectivity index (χ3v) is 3.44. The van der Waals surface area contributed by atoms with Crippen molar-refractivity contribution in [3.8, 4) is 0 Å². The van der Waals surface area contributed by atoms with E-state index in [1.807, 2.05) is 6.07 Å². The summed E-state index contributed by atoms with van der Waals surface area (Å²) in [5, 5.41) is 0. The highest BCUT2D eigenvalue weighted by Gasteiger charge is 2.31. The number of rotatable bonds is 2. The minimum atomic E-state index is 0.0845. The van der Waals surface area contributed by atoms with Crippen molar-refractivity contribution in [1.29, 1.82) is 0 Å². The predicted octanol–water partition coefficient (Wildman–Crippen LogP) is 3.28. The highest BCUT2D eigenvalue weighted by Crippen LogP contribution is 2.36. The van der Waals surface area contributed by atoms with Crippen molar-refractivity contribution in [2.45, 2.75) is 46.7 Å². The second kappa shape index (κ2) is 4.39. The third-order valence-electron chi connectivity index (χ3n) is 3.44. The Morgan fingerprint density at radius 3 is 2.39 bits per heavy atom. The van der Waals surface area contributed by atoms with E-state index in [0.717, 1.165) is 11.3 Å². The molecule has 0 saturated heterocycles. The Kier molecular flexibility index (Phi) is 3.20. The molecule has 2 N–H and O–H groups in total. The van der Waals surface area contributed by atoms with E-state index in [1.54, 1.807) is 0 Å². The fourth-order valence-electron chi connectivity index (χ4n) is 2.93. The first-order valence-electron chi connectivity index (χ1n) is 6.51. The summed E-state index contributed by atoms with van der Waals surface area (Å²) in [4.78, 5) is 4.64. The topological polar surface area (TPSA) is 43.8 Å². The molecule has 1 aromatic heterocycles. The van der Waals surface area contributed by atoms with Crippen molar-refractivity contribution in [2.24, 2.45) is 11.1 Å². The quantitative estimate of drug-likeness (QED) is 0.882. The van der Waals surface area contributed by atoms with Gasteiger partial charge in [0.05, 0.1) is 17.1 Å². The maximum absolute atomic E-state index is 6.23. The van der Waals surface area contributed by atoms with E-state index in [0.29, 0.717) is 0 Å². The van der Waals surface area contributed by atoms with E-state index in [9.17, 15) is 0 Å². The van der Waals surface area contributed by atoms with Crippen molar-refractivity contribution in [2.75, 3.05) is 0 Å². The van der Waals surface area contributed by atoms with E-state index in [4.69, 9.17) is 5.73 Å². The molecule has 18 heavy (non-hydrogen) atoms. The number of fused-ring (bicyclic) bond motifs is 1. The molecular weight excluding hydrogens is 222 g/mol. The monoisotopic (exact) mass is 245 g/mol. The summed E-state index contributed by atoms with van der Waals surface area (Å²) in [6.07, 6.45) is 0. The summed E-state index contributed by atoms with van der Waals surface area (Å²) in [6, 6.07) is 8.58. The molecule has 0 aliphatic carbocycles. The molecule has 0 amide bonds. The Morgan fingerprint density at radius 2 is 1.83 bits per heavy atom. The number of hydrogen-bond acceptors (Lipinski definition) is 2. The van der Waals surface area contributed by atoms with Gasteiger partial charge in [0, 0.05) is 6.04 Å². The number of aromatic nitrogens is 2. The van der Waals surface area contributed by atoms with Gasteiger partial charge in [-0.1, -0.05) is 32.9 Å². The highest BCUT2D eigenvalue weighted by atomic mass is 15.1. The minimum absolute atomic E-state index is 0.0845. The largest absolute Gasteiger partial charge is 0.326 e. The van der Waals surface area contributed by atoms with Gasteiger partial charge in [0.1, 0.15) is 5.82 Å². The maximum Gasteiger partial charge on any atom is 0.107 e. The van der Waals surface area contributed by atoms with E-state index in [-0.39, 0.29) is 17.5 Å². The molecule has 2 atom stereocenters. The summed E-state index contributed by atoms with van der Waals surface area (Å²) in [5.74, 6) is 1.04. The fourth-order valence-corrected chi connectivity index (χ4v) is 2.93. The number of nitrogens with zero attached hydrogens (tertiary/aromatic N) is 2. The van der Waals surface area contributed by atoms with Gasteiger partial charge in [-0.25, -0.2) is 4.98 Å². The van der Waals surface area contributed by atoms with Gasteiger partial charge < -0.3 is 10.3 Å². The lowest BCUT2D eigenvalue weighted by Gasteiger charge is -2.36. The second-order valence-electron chi connectivity index (χ2n) is 6.19. The van der Waals surface area contributed by atoms with Gasteiger partial charge >= 0.3 is 0 Å². The first-order chi connectivity index (χ1) is 8.32. The van der Waals surface area contributed by atoms with Gasteiger partial charge in [0.25, 0.3) is 0 Å². The molecule has 3 nitrogen and oxygen atoms in total. The summed E-state index contributed by atoms with van der Waals surface area (Å²) >= 11 is 0. The van der Waals surface area contributed by atoms with Crippen molar-refractivity contribution < 1.29 is 0 Å². The lowest BCUT2D eigenvalue weighted by Crippen LogP contribution is -2.38. The third kappa shape index (κ3) is 2.15. The van der Waals surface area contributed by atoms with Crippen LogP contribution < -0.4 is 5.73 Å². The Hall–Kier alpha value is -1.35. The SMILES string of the molecule is Cc1nc2ccccc2n1C(C(C)N)C(C)(C)C. The normalized spacial score (nSPS) is 15.9. The van der Waals surface area contributed by atoms with E-state index < -0.39 is 0 Å². The molecule has 1 heterocycles. The van der Waals surface area contributed by atoms with Crippen LogP contribution in [0, 0.1) is 12.3 Å². The number of benzene rings is 1. The average Bonchev–Trinajstić information content (AvgIpc) is 2.54. The number of aryl methyl sites for hydroxylation is 1. The van der Waals surface area contributed by atoms with Gasteiger partial charge in [-0.2, -0.15) is 0 Å². The Bertz CT molecular complexity index is 546. The molecule has 2 aromatic rings. The number of nitrogens with two attached hydrogens (primary N) is 1. The lowest BCUT2D eigenvalue weighted by atomic mass is 9.82. The minimum Gasteiger partial charge on any atom is -0.326 e. The van der Waals surface area contributed by atoms with Gasteiger partial charge in [-0.15, -0.1) is 0 Å². The van der Waals surface area contributed by atoms with Crippen molar-refractivity contribution in [3.05, 3.63) is 30.1 Å². The zero-order valence-corrected chi connectivity index (χ0v) is 11.9. The van der Waals surface area contributed by atoms with Crippen molar-refractivity contribution >= 4 is 11.0 Å². The Labute approximate surface area is 109 Å².